The molecule has 0 spiro atoms. The van der Waals surface area contributed by atoms with Gasteiger partial charge in [0.15, 0.2) is 0 Å². The molecule has 0 radical (unpaired) electrons. The van der Waals surface area contributed by atoms with Gasteiger partial charge in [0.05, 0.1) is 13.2 Å². The van der Waals surface area contributed by atoms with Crippen LogP contribution in [-0.2, 0) is 14.3 Å². The van der Waals surface area contributed by atoms with Gasteiger partial charge in [0.25, 0.3) is 0 Å². The van der Waals surface area contributed by atoms with Crippen LogP contribution in [0.1, 0.15) is 104 Å². The topological polar surface area (TPSA) is 55.8 Å². The quantitative estimate of drug-likeness (QED) is 0.262. The van der Waals surface area contributed by atoms with E-state index in [4.69, 9.17) is 9.47 Å². The molecular formula is C23H43NO4. The number of nitrogens with zero attached hydrogens (tertiary/aromatic N) is 1. The zero-order chi connectivity index (χ0) is 20.6. The summed E-state index contributed by atoms with van der Waals surface area (Å²) >= 11 is 0. The van der Waals surface area contributed by atoms with Crippen LogP contribution in [0.3, 0.4) is 0 Å². The van der Waals surface area contributed by atoms with Crippen LogP contribution in [0.5, 0.6) is 0 Å². The number of likely N-dealkylation sites (tertiary alicyclic amines) is 1. The zero-order valence-electron chi connectivity index (χ0n) is 18.5. The molecule has 1 aliphatic rings. The summed E-state index contributed by atoms with van der Waals surface area (Å²) in [5, 5.41) is 0. The molecule has 1 unspecified atom stereocenters. The monoisotopic (exact) mass is 397 g/mol. The molecule has 0 N–H and O–H groups in total. The van der Waals surface area contributed by atoms with E-state index in [0.717, 1.165) is 25.7 Å². The molecule has 164 valence electrons. The minimum absolute atomic E-state index is 0.267. The molecule has 0 saturated carbocycles. The summed E-state index contributed by atoms with van der Waals surface area (Å²) in [6.45, 7) is 7.67. The van der Waals surface area contributed by atoms with Crippen LogP contribution in [0.2, 0.25) is 0 Å². The van der Waals surface area contributed by atoms with Crippen molar-refractivity contribution < 1.29 is 19.1 Å². The van der Waals surface area contributed by atoms with Crippen LogP contribution >= 0.6 is 0 Å². The Morgan fingerprint density at radius 3 is 2.11 bits per heavy atom. The second kappa shape index (κ2) is 15.6. The lowest BCUT2D eigenvalue weighted by Crippen LogP contribution is -2.49. The Bertz CT molecular complexity index is 425. The fourth-order valence-electron chi connectivity index (χ4n) is 3.57. The molecule has 0 aliphatic carbocycles. The molecule has 0 bridgehead atoms. The third-order valence-electron chi connectivity index (χ3n) is 5.29. The van der Waals surface area contributed by atoms with E-state index in [1.165, 1.54) is 51.4 Å². The van der Waals surface area contributed by atoms with Crippen LogP contribution < -0.4 is 0 Å². The van der Waals surface area contributed by atoms with Crippen LogP contribution in [0.15, 0.2) is 0 Å². The summed E-state index contributed by atoms with van der Waals surface area (Å²) in [5.74, 6) is 0.0209. The van der Waals surface area contributed by atoms with Crippen molar-refractivity contribution in [2.75, 3.05) is 19.8 Å². The van der Waals surface area contributed by atoms with Crippen molar-refractivity contribution in [2.24, 2.45) is 5.92 Å². The summed E-state index contributed by atoms with van der Waals surface area (Å²) in [6, 6.07) is -0.475. The van der Waals surface area contributed by atoms with Crippen molar-refractivity contribution in [3.8, 4) is 0 Å². The molecular weight excluding hydrogens is 354 g/mol. The van der Waals surface area contributed by atoms with Gasteiger partial charge in [-0.05, 0) is 31.6 Å². The van der Waals surface area contributed by atoms with Crippen LogP contribution in [0.4, 0.5) is 4.79 Å². The maximum absolute atomic E-state index is 12.4. The van der Waals surface area contributed by atoms with Gasteiger partial charge < -0.3 is 9.47 Å². The van der Waals surface area contributed by atoms with Gasteiger partial charge in [-0.1, -0.05) is 78.6 Å². The minimum Gasteiger partial charge on any atom is -0.464 e. The fourth-order valence-corrected chi connectivity index (χ4v) is 3.57. The first-order chi connectivity index (χ1) is 13.6. The number of esters is 1. The van der Waals surface area contributed by atoms with Crippen molar-refractivity contribution in [2.45, 2.75) is 110 Å². The van der Waals surface area contributed by atoms with Gasteiger partial charge in [0.2, 0.25) is 0 Å². The first kappa shape index (κ1) is 24.8. The lowest BCUT2D eigenvalue weighted by Gasteiger charge is -2.33. The summed E-state index contributed by atoms with van der Waals surface area (Å²) in [5.41, 5.74) is 0. The number of unbranched alkanes of at least 4 members (excludes halogenated alkanes) is 9. The molecule has 0 aromatic heterocycles. The highest BCUT2D eigenvalue weighted by Gasteiger charge is 2.34. The Balaban J connectivity index is 2.14. The Morgan fingerprint density at radius 1 is 0.893 bits per heavy atom. The van der Waals surface area contributed by atoms with E-state index in [0.29, 0.717) is 26.2 Å². The number of piperidine rings is 1. The van der Waals surface area contributed by atoms with E-state index in [1.807, 2.05) is 13.8 Å². The van der Waals surface area contributed by atoms with Crippen molar-refractivity contribution in [1.29, 1.82) is 0 Å². The molecule has 1 amide bonds. The van der Waals surface area contributed by atoms with E-state index in [1.54, 1.807) is 4.90 Å². The predicted molar refractivity (Wildman–Crippen MR) is 113 cm³/mol. The van der Waals surface area contributed by atoms with Gasteiger partial charge in [0.1, 0.15) is 6.04 Å². The summed E-state index contributed by atoms with van der Waals surface area (Å²) in [7, 11) is 0. The van der Waals surface area contributed by atoms with Crippen molar-refractivity contribution in [3.63, 3.8) is 0 Å². The van der Waals surface area contributed by atoms with E-state index in [2.05, 4.69) is 6.92 Å². The second-order valence-electron chi connectivity index (χ2n) is 8.53. The number of carbonyl (C=O) groups excluding carboxylic acids is 2. The van der Waals surface area contributed by atoms with Crippen molar-refractivity contribution in [1.82, 2.24) is 4.90 Å². The maximum atomic E-state index is 12.4. The Hall–Kier alpha value is -1.26. The molecule has 1 saturated heterocycles. The lowest BCUT2D eigenvalue weighted by molar-refractivity contribution is -0.150. The standard InChI is InChI=1S/C23H43NO4/c1-4-5-6-7-8-9-10-11-12-15-18-27-22(25)21-16-13-14-17-24(21)23(26)28-19-20(2)3/h20-21H,4-19H2,1-3H3. The molecule has 1 heterocycles. The van der Waals surface area contributed by atoms with Crippen LogP contribution in [0, 0.1) is 5.92 Å². The summed E-state index contributed by atoms with van der Waals surface area (Å²) < 4.78 is 10.8. The molecule has 5 heteroatoms. The minimum atomic E-state index is -0.475. The van der Waals surface area contributed by atoms with Crippen LogP contribution in [0.25, 0.3) is 0 Å². The number of hydrogen-bond donors (Lipinski definition) is 0. The molecule has 1 fully saturated rings. The van der Waals surface area contributed by atoms with Gasteiger partial charge >= 0.3 is 12.1 Å². The maximum Gasteiger partial charge on any atom is 0.410 e. The Morgan fingerprint density at radius 2 is 1.50 bits per heavy atom. The molecule has 1 atom stereocenters. The SMILES string of the molecule is CCCCCCCCCCCCOC(=O)C1CCCCN1C(=O)OCC(C)C. The third kappa shape index (κ3) is 10.9. The Kier molecular flexibility index (Phi) is 13.8. The first-order valence-corrected chi connectivity index (χ1v) is 11.7. The van der Waals surface area contributed by atoms with Gasteiger partial charge in [-0.25, -0.2) is 9.59 Å². The number of rotatable bonds is 14. The van der Waals surface area contributed by atoms with E-state index in [9.17, 15) is 9.59 Å². The van der Waals surface area contributed by atoms with Gasteiger partial charge in [-0.2, -0.15) is 0 Å². The second-order valence-corrected chi connectivity index (χ2v) is 8.53. The highest BCUT2D eigenvalue weighted by atomic mass is 16.6. The smallest absolute Gasteiger partial charge is 0.410 e. The molecule has 5 nitrogen and oxygen atoms in total. The largest absolute Gasteiger partial charge is 0.464 e. The highest BCUT2D eigenvalue weighted by Crippen LogP contribution is 2.20. The third-order valence-corrected chi connectivity index (χ3v) is 5.29. The average molecular weight is 398 g/mol. The van der Waals surface area contributed by atoms with Crippen LogP contribution in [-0.4, -0.2) is 42.8 Å². The highest BCUT2D eigenvalue weighted by molar-refractivity contribution is 5.81. The number of hydrogen-bond acceptors (Lipinski definition) is 4. The molecule has 0 aromatic rings. The Labute approximate surface area is 172 Å². The van der Waals surface area contributed by atoms with Gasteiger partial charge in [-0.3, -0.25) is 4.90 Å². The van der Waals surface area contributed by atoms with E-state index in [-0.39, 0.29) is 18.0 Å². The van der Waals surface area contributed by atoms with Gasteiger partial charge in [-0.15, -0.1) is 0 Å². The summed E-state index contributed by atoms with van der Waals surface area (Å²) in [6.07, 6.45) is 14.7. The number of ether oxygens (including phenoxy) is 2. The lowest BCUT2D eigenvalue weighted by atomic mass is 10.0. The summed E-state index contributed by atoms with van der Waals surface area (Å²) in [4.78, 5) is 26.3. The zero-order valence-corrected chi connectivity index (χ0v) is 18.5. The average Bonchev–Trinajstić information content (AvgIpc) is 2.70. The molecule has 1 rings (SSSR count). The molecule has 0 aromatic carbocycles. The predicted octanol–water partition coefficient (Wildman–Crippen LogP) is 6.10. The molecule has 1 aliphatic heterocycles. The first-order valence-electron chi connectivity index (χ1n) is 11.7. The number of amides is 1. The number of carbonyl (C=O) groups is 2. The molecule has 28 heavy (non-hydrogen) atoms. The fraction of sp³-hybridized carbons (Fsp3) is 0.913. The van der Waals surface area contributed by atoms with E-state index >= 15 is 0 Å². The normalized spacial score (nSPS) is 17.0. The van der Waals surface area contributed by atoms with E-state index < -0.39 is 6.04 Å². The van der Waals surface area contributed by atoms with Crippen molar-refractivity contribution >= 4 is 12.1 Å². The van der Waals surface area contributed by atoms with Gasteiger partial charge in [0, 0.05) is 6.54 Å². The van der Waals surface area contributed by atoms with Crippen molar-refractivity contribution in [3.05, 3.63) is 0 Å².